The van der Waals surface area contributed by atoms with Crippen LogP contribution in [0.1, 0.15) is 5.82 Å². The number of aryl methyl sites for hydroxylation is 1. The van der Waals surface area contributed by atoms with Gasteiger partial charge in [0.2, 0.25) is 0 Å². The van der Waals surface area contributed by atoms with Crippen LogP contribution in [0, 0.1) is 6.92 Å². The van der Waals surface area contributed by atoms with E-state index in [1.807, 2.05) is 0 Å². The van der Waals surface area contributed by atoms with Crippen LogP contribution in [-0.2, 0) is 9.05 Å². The number of nitrogens with zero attached hydrogens (tertiary/aromatic N) is 1. The van der Waals surface area contributed by atoms with E-state index >= 15 is 0 Å². The second-order valence-electron chi connectivity index (χ2n) is 1.77. The fraction of sp³-hybridized carbons (Fsp3) is 0.250. The Morgan fingerprint density at radius 1 is 1.64 bits per heavy atom. The first-order chi connectivity index (χ1) is 4.50. The minimum absolute atomic E-state index is 0. The maximum absolute atomic E-state index is 10.5. The number of imidazole rings is 1. The van der Waals surface area contributed by atoms with Gasteiger partial charge in [-0.25, -0.2) is 13.4 Å². The van der Waals surface area contributed by atoms with Crippen LogP contribution in [0.5, 0.6) is 0 Å². The number of nitrogens with one attached hydrogen (secondary N) is 1. The van der Waals surface area contributed by atoms with Crippen molar-refractivity contribution >= 4 is 32.1 Å². The van der Waals surface area contributed by atoms with Crippen LogP contribution < -0.4 is 0 Å². The summed E-state index contributed by atoms with van der Waals surface area (Å²) in [5.41, 5.74) is 0. The monoisotopic (exact) mass is 216 g/mol. The third kappa shape index (κ3) is 2.69. The Hall–Kier alpha value is -0.260. The highest BCUT2D eigenvalue weighted by Crippen LogP contribution is 2.10. The Morgan fingerprint density at radius 3 is 2.36 bits per heavy atom. The molecule has 1 rings (SSSR count). The predicted octanol–water partition coefficient (Wildman–Crippen LogP) is 1.07. The van der Waals surface area contributed by atoms with E-state index in [2.05, 4.69) is 9.97 Å². The largest absolute Gasteiger partial charge is 0.332 e. The first-order valence-corrected chi connectivity index (χ1v) is 4.77. The van der Waals surface area contributed by atoms with Gasteiger partial charge in [-0.3, -0.25) is 0 Å². The molecule has 1 N–H and O–H groups in total. The topological polar surface area (TPSA) is 62.8 Å². The summed E-state index contributed by atoms with van der Waals surface area (Å²) in [6.07, 6.45) is 1.18. The molecule has 0 aliphatic heterocycles. The quantitative estimate of drug-likeness (QED) is 0.715. The van der Waals surface area contributed by atoms with E-state index in [-0.39, 0.29) is 17.4 Å². The molecular weight excluding hydrogens is 211 g/mol. The van der Waals surface area contributed by atoms with E-state index in [4.69, 9.17) is 10.7 Å². The number of rotatable bonds is 1. The van der Waals surface area contributed by atoms with Crippen molar-refractivity contribution in [2.24, 2.45) is 0 Å². The Labute approximate surface area is 74.8 Å². The van der Waals surface area contributed by atoms with Gasteiger partial charge < -0.3 is 4.98 Å². The van der Waals surface area contributed by atoms with Gasteiger partial charge in [0, 0.05) is 10.7 Å². The predicted molar refractivity (Wildman–Crippen MR) is 43.6 cm³/mol. The minimum atomic E-state index is -3.63. The van der Waals surface area contributed by atoms with Crippen molar-refractivity contribution in [3.63, 3.8) is 0 Å². The van der Waals surface area contributed by atoms with Gasteiger partial charge in [-0.2, -0.15) is 0 Å². The molecule has 0 aliphatic carbocycles. The summed E-state index contributed by atoms with van der Waals surface area (Å²) in [5, 5.41) is -0.0633. The van der Waals surface area contributed by atoms with Crippen LogP contribution in [0.4, 0.5) is 0 Å². The molecule has 1 aromatic rings. The lowest BCUT2D eigenvalue weighted by Gasteiger charge is -1.84. The maximum Gasteiger partial charge on any atom is 0.278 e. The summed E-state index contributed by atoms with van der Waals surface area (Å²) in [7, 11) is 1.35. The van der Waals surface area contributed by atoms with Crippen LogP contribution in [0.25, 0.3) is 0 Å². The smallest absolute Gasteiger partial charge is 0.278 e. The van der Waals surface area contributed by atoms with Crippen LogP contribution in [-0.4, -0.2) is 18.4 Å². The molecule has 0 aromatic carbocycles. The second kappa shape index (κ2) is 3.42. The molecule has 0 unspecified atom stereocenters. The van der Waals surface area contributed by atoms with E-state index in [9.17, 15) is 8.42 Å². The van der Waals surface area contributed by atoms with Crippen molar-refractivity contribution in [2.75, 3.05) is 0 Å². The molecule has 7 heteroatoms. The Kier molecular flexibility index (Phi) is 3.34. The highest BCUT2D eigenvalue weighted by Gasteiger charge is 2.11. The number of hydrogen-bond donors (Lipinski definition) is 1. The molecule has 11 heavy (non-hydrogen) atoms. The Bertz CT molecular complexity index is 332. The Morgan fingerprint density at radius 2 is 2.18 bits per heavy atom. The molecular formula is C4H6Cl2N2O2S. The van der Waals surface area contributed by atoms with Crippen LogP contribution >= 0.6 is 23.1 Å². The average molecular weight is 217 g/mol. The van der Waals surface area contributed by atoms with Gasteiger partial charge >= 0.3 is 0 Å². The lowest BCUT2D eigenvalue weighted by Crippen LogP contribution is -1.89. The summed E-state index contributed by atoms with van der Waals surface area (Å²) in [4.78, 5) is 6.15. The molecule has 0 saturated heterocycles. The first kappa shape index (κ1) is 10.7. The standard InChI is InChI=1S/C4H5ClN2O2S.ClH/c1-3-6-2-4(7-3)10(5,8)9;/h2H,1H3,(H,6,7);1H. The van der Waals surface area contributed by atoms with Gasteiger partial charge in [0.1, 0.15) is 5.82 Å². The fourth-order valence-corrected chi connectivity index (χ4v) is 1.21. The van der Waals surface area contributed by atoms with Crippen molar-refractivity contribution in [3.8, 4) is 0 Å². The van der Waals surface area contributed by atoms with E-state index < -0.39 is 9.05 Å². The summed E-state index contributed by atoms with van der Waals surface area (Å²) >= 11 is 0. The first-order valence-electron chi connectivity index (χ1n) is 2.46. The van der Waals surface area contributed by atoms with E-state index in [1.165, 1.54) is 6.20 Å². The van der Waals surface area contributed by atoms with Crippen LogP contribution in [0.3, 0.4) is 0 Å². The minimum Gasteiger partial charge on any atom is -0.332 e. The average Bonchev–Trinajstić information content (AvgIpc) is 2.11. The summed E-state index contributed by atoms with van der Waals surface area (Å²) in [6.45, 7) is 1.64. The van der Waals surface area contributed by atoms with Gasteiger partial charge in [0.25, 0.3) is 9.05 Å². The zero-order valence-electron chi connectivity index (χ0n) is 5.54. The van der Waals surface area contributed by atoms with Crippen molar-refractivity contribution in [1.29, 1.82) is 0 Å². The van der Waals surface area contributed by atoms with E-state index in [1.54, 1.807) is 6.92 Å². The molecule has 0 bridgehead atoms. The number of aromatic nitrogens is 2. The molecule has 0 saturated carbocycles. The maximum atomic E-state index is 10.5. The molecule has 0 aliphatic rings. The normalized spacial score (nSPS) is 10.7. The van der Waals surface area contributed by atoms with Gasteiger partial charge in [0.15, 0.2) is 5.03 Å². The van der Waals surface area contributed by atoms with Crippen molar-refractivity contribution in [3.05, 3.63) is 12.0 Å². The highest BCUT2D eigenvalue weighted by molar-refractivity contribution is 8.13. The van der Waals surface area contributed by atoms with Gasteiger partial charge in [-0.1, -0.05) is 0 Å². The Balaban J connectivity index is 0.000001000. The molecule has 1 heterocycles. The zero-order chi connectivity index (χ0) is 7.78. The lowest BCUT2D eigenvalue weighted by atomic mass is 10.8. The highest BCUT2D eigenvalue weighted by atomic mass is 35.7. The fourth-order valence-electron chi connectivity index (χ4n) is 0.522. The van der Waals surface area contributed by atoms with E-state index in [0.717, 1.165) is 0 Å². The molecule has 0 amide bonds. The third-order valence-electron chi connectivity index (χ3n) is 0.942. The van der Waals surface area contributed by atoms with Gasteiger partial charge in [-0.15, -0.1) is 12.4 Å². The molecule has 64 valence electrons. The van der Waals surface area contributed by atoms with Crippen LogP contribution in [0.15, 0.2) is 11.2 Å². The summed E-state index contributed by atoms with van der Waals surface area (Å²) in [5.74, 6) is 0.527. The SMILES string of the molecule is Cc1ncc(S(=O)(=O)Cl)[nH]1.Cl. The molecule has 4 nitrogen and oxygen atoms in total. The number of halogens is 2. The third-order valence-corrected chi connectivity index (χ3v) is 2.17. The van der Waals surface area contributed by atoms with E-state index in [0.29, 0.717) is 5.82 Å². The molecule has 0 spiro atoms. The number of aromatic amines is 1. The van der Waals surface area contributed by atoms with Crippen molar-refractivity contribution in [1.82, 2.24) is 9.97 Å². The zero-order valence-corrected chi connectivity index (χ0v) is 7.92. The summed E-state index contributed by atoms with van der Waals surface area (Å²) in [6, 6.07) is 0. The van der Waals surface area contributed by atoms with Gasteiger partial charge in [-0.05, 0) is 6.92 Å². The lowest BCUT2D eigenvalue weighted by molar-refractivity contribution is 0.606. The number of H-pyrrole nitrogens is 1. The van der Waals surface area contributed by atoms with Crippen LogP contribution in [0.2, 0.25) is 0 Å². The molecule has 1 aromatic heterocycles. The summed E-state index contributed by atoms with van der Waals surface area (Å²) < 4.78 is 21.1. The van der Waals surface area contributed by atoms with Gasteiger partial charge in [0.05, 0.1) is 6.20 Å². The molecule has 0 fully saturated rings. The second-order valence-corrected chi connectivity index (χ2v) is 4.31. The van der Waals surface area contributed by atoms with Crippen molar-refractivity contribution in [2.45, 2.75) is 11.9 Å². The van der Waals surface area contributed by atoms with Crippen molar-refractivity contribution < 1.29 is 8.42 Å². The number of hydrogen-bond acceptors (Lipinski definition) is 3. The molecule has 0 atom stereocenters. The molecule has 0 radical (unpaired) electrons.